The molecule has 1 N–H and O–H groups in total. The van der Waals surface area contributed by atoms with E-state index in [9.17, 15) is 9.59 Å². The van der Waals surface area contributed by atoms with E-state index in [4.69, 9.17) is 9.47 Å². The fraction of sp³-hybridized carbons (Fsp3) is 0.368. The maximum atomic E-state index is 11.8. The number of benzene rings is 1. The average Bonchev–Trinajstić information content (AvgIpc) is 3.37. The van der Waals surface area contributed by atoms with Gasteiger partial charge in [0.15, 0.2) is 0 Å². The molecule has 0 amide bonds. The predicted octanol–water partition coefficient (Wildman–Crippen LogP) is 2.83. The van der Waals surface area contributed by atoms with E-state index in [-0.39, 0.29) is 24.3 Å². The van der Waals surface area contributed by atoms with Gasteiger partial charge < -0.3 is 14.8 Å². The second kappa shape index (κ2) is 8.34. The molecule has 128 valence electrons. The van der Waals surface area contributed by atoms with Crippen molar-refractivity contribution < 1.29 is 19.1 Å². The summed E-state index contributed by atoms with van der Waals surface area (Å²) < 4.78 is 9.78. The molecule has 1 aliphatic rings. The fourth-order valence-corrected chi connectivity index (χ4v) is 2.39. The van der Waals surface area contributed by atoms with E-state index < -0.39 is 11.9 Å². The topological polar surface area (TPSA) is 64.6 Å². The van der Waals surface area contributed by atoms with E-state index in [0.717, 1.165) is 12.8 Å². The first-order chi connectivity index (χ1) is 11.6. The average molecular weight is 329 g/mol. The Morgan fingerprint density at radius 2 is 1.67 bits per heavy atom. The summed E-state index contributed by atoms with van der Waals surface area (Å²) in [5.41, 5.74) is 1.08. The van der Waals surface area contributed by atoms with Crippen molar-refractivity contribution in [1.82, 2.24) is 5.32 Å². The van der Waals surface area contributed by atoms with Crippen molar-refractivity contribution in [3.8, 4) is 0 Å². The number of carbonyl (C=O) groups excluding carboxylic acids is 2. The molecule has 5 heteroatoms. The van der Waals surface area contributed by atoms with Crippen LogP contribution in [0.25, 0.3) is 0 Å². The lowest BCUT2D eigenvalue weighted by atomic mass is 10.1. The van der Waals surface area contributed by atoms with E-state index in [1.807, 2.05) is 18.2 Å². The van der Waals surface area contributed by atoms with Gasteiger partial charge in [0.1, 0.15) is 5.57 Å². The van der Waals surface area contributed by atoms with Crippen LogP contribution >= 0.6 is 0 Å². The van der Waals surface area contributed by atoms with Gasteiger partial charge in [0.25, 0.3) is 0 Å². The van der Waals surface area contributed by atoms with Crippen LogP contribution in [0, 0.1) is 0 Å². The van der Waals surface area contributed by atoms with Gasteiger partial charge in [-0.2, -0.15) is 0 Å². The highest BCUT2D eigenvalue weighted by Crippen LogP contribution is 2.45. The Bertz CT molecular complexity index is 610. The molecular weight excluding hydrogens is 306 g/mol. The SMILES string of the molecule is CCOC(=O)C(=C/C=C/NC1(c2ccccc2)CC1)C(=O)OCC. The molecule has 0 spiro atoms. The third-order valence-electron chi connectivity index (χ3n) is 3.79. The Morgan fingerprint density at radius 1 is 1.08 bits per heavy atom. The molecule has 0 aromatic heterocycles. The largest absolute Gasteiger partial charge is 0.462 e. The zero-order valence-corrected chi connectivity index (χ0v) is 14.1. The quantitative estimate of drug-likeness (QED) is 0.261. The molecule has 0 heterocycles. The van der Waals surface area contributed by atoms with Gasteiger partial charge in [-0.3, -0.25) is 0 Å². The van der Waals surface area contributed by atoms with E-state index >= 15 is 0 Å². The van der Waals surface area contributed by atoms with Gasteiger partial charge in [0.05, 0.1) is 18.8 Å². The van der Waals surface area contributed by atoms with Crippen molar-refractivity contribution in [3.63, 3.8) is 0 Å². The highest BCUT2D eigenvalue weighted by atomic mass is 16.6. The summed E-state index contributed by atoms with van der Waals surface area (Å²) in [5.74, 6) is -1.35. The molecule has 5 nitrogen and oxygen atoms in total. The van der Waals surface area contributed by atoms with Crippen molar-refractivity contribution in [2.45, 2.75) is 32.2 Å². The summed E-state index contributed by atoms with van der Waals surface area (Å²) in [6, 6.07) is 10.2. The molecule has 0 bridgehead atoms. The molecule has 1 fully saturated rings. The van der Waals surface area contributed by atoms with Crippen LogP contribution in [0.3, 0.4) is 0 Å². The maximum Gasteiger partial charge on any atom is 0.345 e. The number of rotatable bonds is 8. The van der Waals surface area contributed by atoms with Crippen LogP contribution in [0.4, 0.5) is 0 Å². The summed E-state index contributed by atoms with van der Waals surface area (Å²) in [6.07, 6.45) is 6.90. The first-order valence-corrected chi connectivity index (χ1v) is 8.17. The summed E-state index contributed by atoms with van der Waals surface area (Å²) >= 11 is 0. The van der Waals surface area contributed by atoms with E-state index in [1.165, 1.54) is 11.6 Å². The predicted molar refractivity (Wildman–Crippen MR) is 91.0 cm³/mol. The molecule has 0 atom stereocenters. The monoisotopic (exact) mass is 329 g/mol. The Balaban J connectivity index is 2.04. The van der Waals surface area contributed by atoms with Crippen molar-refractivity contribution in [1.29, 1.82) is 0 Å². The molecule has 0 saturated heterocycles. The third kappa shape index (κ3) is 4.47. The number of ether oxygens (including phenoxy) is 2. The Kier molecular flexibility index (Phi) is 6.18. The van der Waals surface area contributed by atoms with Crippen LogP contribution in [0.5, 0.6) is 0 Å². The summed E-state index contributed by atoms with van der Waals surface area (Å²) in [7, 11) is 0. The van der Waals surface area contributed by atoms with E-state index in [0.29, 0.717) is 0 Å². The zero-order valence-electron chi connectivity index (χ0n) is 14.1. The molecule has 24 heavy (non-hydrogen) atoms. The fourth-order valence-electron chi connectivity index (χ4n) is 2.39. The van der Waals surface area contributed by atoms with Crippen LogP contribution in [0.2, 0.25) is 0 Å². The molecule has 1 saturated carbocycles. The third-order valence-corrected chi connectivity index (χ3v) is 3.79. The highest BCUT2D eigenvalue weighted by Gasteiger charge is 2.43. The Labute approximate surface area is 142 Å². The van der Waals surface area contributed by atoms with Gasteiger partial charge in [-0.05, 0) is 50.6 Å². The summed E-state index contributed by atoms with van der Waals surface area (Å²) in [6.45, 7) is 3.78. The minimum absolute atomic E-state index is 0.0420. The number of carbonyl (C=O) groups is 2. The van der Waals surface area contributed by atoms with E-state index in [2.05, 4.69) is 17.4 Å². The van der Waals surface area contributed by atoms with Crippen LogP contribution in [0.15, 0.2) is 54.3 Å². The number of allylic oxidation sites excluding steroid dienone is 2. The summed E-state index contributed by atoms with van der Waals surface area (Å²) in [4.78, 5) is 23.7. The van der Waals surface area contributed by atoms with Crippen LogP contribution < -0.4 is 5.32 Å². The van der Waals surface area contributed by atoms with Crippen molar-refractivity contribution in [2.24, 2.45) is 0 Å². The van der Waals surface area contributed by atoms with Crippen LogP contribution in [0.1, 0.15) is 32.3 Å². The minimum Gasteiger partial charge on any atom is -0.462 e. The molecule has 1 aliphatic carbocycles. The maximum absolute atomic E-state index is 11.8. The van der Waals surface area contributed by atoms with Crippen molar-refractivity contribution in [2.75, 3.05) is 13.2 Å². The van der Waals surface area contributed by atoms with Crippen LogP contribution in [-0.2, 0) is 24.6 Å². The van der Waals surface area contributed by atoms with E-state index in [1.54, 1.807) is 26.1 Å². The zero-order chi connectivity index (χ0) is 17.4. The standard InChI is InChI=1S/C19H23NO4/c1-3-23-17(21)16(18(22)24-4-2)11-8-14-20-19(12-13-19)15-9-6-5-7-10-15/h5-11,14,20H,3-4,12-13H2,1-2H3/b14-8+. The van der Waals surface area contributed by atoms with Gasteiger partial charge >= 0.3 is 11.9 Å². The minimum atomic E-state index is -0.676. The normalized spacial score (nSPS) is 14.8. The molecule has 0 unspecified atom stereocenters. The molecule has 1 aromatic rings. The first kappa shape index (κ1) is 17.8. The van der Waals surface area contributed by atoms with Gasteiger partial charge in [-0.15, -0.1) is 0 Å². The van der Waals surface area contributed by atoms with Crippen LogP contribution in [-0.4, -0.2) is 25.2 Å². The molecule has 1 aromatic carbocycles. The van der Waals surface area contributed by atoms with Crippen molar-refractivity contribution in [3.05, 3.63) is 59.8 Å². The lowest BCUT2D eigenvalue weighted by Gasteiger charge is -2.15. The molecule has 0 radical (unpaired) electrons. The lowest BCUT2D eigenvalue weighted by molar-refractivity contribution is -0.146. The Morgan fingerprint density at radius 3 is 2.17 bits per heavy atom. The van der Waals surface area contributed by atoms with Crippen molar-refractivity contribution >= 4 is 11.9 Å². The Hall–Kier alpha value is -2.56. The van der Waals surface area contributed by atoms with Gasteiger partial charge in [-0.1, -0.05) is 30.3 Å². The second-order valence-electron chi connectivity index (χ2n) is 5.47. The number of esters is 2. The number of nitrogens with one attached hydrogen (secondary N) is 1. The molecule has 2 rings (SSSR count). The number of hydrogen-bond donors (Lipinski definition) is 1. The van der Waals surface area contributed by atoms with Gasteiger partial charge in [0.2, 0.25) is 0 Å². The van der Waals surface area contributed by atoms with Gasteiger partial charge in [-0.25, -0.2) is 9.59 Å². The second-order valence-corrected chi connectivity index (χ2v) is 5.47. The molecular formula is C19H23NO4. The highest BCUT2D eigenvalue weighted by molar-refractivity contribution is 6.14. The molecule has 0 aliphatic heterocycles. The smallest absolute Gasteiger partial charge is 0.345 e. The number of hydrogen-bond acceptors (Lipinski definition) is 5. The lowest BCUT2D eigenvalue weighted by Crippen LogP contribution is -2.23. The van der Waals surface area contributed by atoms with Gasteiger partial charge in [0, 0.05) is 0 Å². The summed E-state index contributed by atoms with van der Waals surface area (Å²) in [5, 5.41) is 3.35. The first-order valence-electron chi connectivity index (χ1n) is 8.17.